The van der Waals surface area contributed by atoms with E-state index in [1.807, 2.05) is 30.3 Å². The quantitative estimate of drug-likeness (QED) is 0.751. The molecule has 0 spiro atoms. The monoisotopic (exact) mass is 301 g/mol. The van der Waals surface area contributed by atoms with Gasteiger partial charge in [0.05, 0.1) is 5.56 Å². The van der Waals surface area contributed by atoms with E-state index >= 15 is 0 Å². The lowest BCUT2D eigenvalue weighted by molar-refractivity contribution is 0.0690. The number of aromatic carboxylic acids is 1. The number of phenols is 2. The first-order valence-corrected chi connectivity index (χ1v) is 6.49. The summed E-state index contributed by atoms with van der Waals surface area (Å²) in [6, 6.07) is 11.5. The highest BCUT2D eigenvalue weighted by molar-refractivity contribution is 6.00. The summed E-state index contributed by atoms with van der Waals surface area (Å²) in [6.45, 7) is 0.320. The molecule has 0 heterocycles. The molecule has 0 aliphatic heterocycles. The Morgan fingerprint density at radius 2 is 1.50 bits per heavy atom. The van der Waals surface area contributed by atoms with Crippen LogP contribution in [-0.2, 0) is 6.54 Å². The molecule has 2 aromatic carbocycles. The highest BCUT2D eigenvalue weighted by Crippen LogP contribution is 2.33. The van der Waals surface area contributed by atoms with Crippen molar-refractivity contribution in [3.63, 3.8) is 0 Å². The molecule has 6 heteroatoms. The number of hydrogen-bond acceptors (Lipinski definition) is 4. The van der Waals surface area contributed by atoms with Gasteiger partial charge in [-0.1, -0.05) is 30.3 Å². The van der Waals surface area contributed by atoms with Gasteiger partial charge < -0.3 is 20.2 Å². The maximum absolute atomic E-state index is 12.3. The van der Waals surface area contributed by atoms with Crippen molar-refractivity contribution >= 4 is 11.9 Å². The fourth-order valence-electron chi connectivity index (χ4n) is 2.06. The number of hydrogen-bond donors (Lipinski definition) is 3. The molecule has 6 nitrogen and oxygen atoms in total. The second kappa shape index (κ2) is 6.17. The van der Waals surface area contributed by atoms with E-state index in [1.54, 1.807) is 7.05 Å². The van der Waals surface area contributed by atoms with Crippen LogP contribution in [0.2, 0.25) is 0 Å². The van der Waals surface area contributed by atoms with E-state index in [0.29, 0.717) is 6.54 Å². The number of carbonyl (C=O) groups excluding carboxylic acids is 1. The Hall–Kier alpha value is -3.02. The summed E-state index contributed by atoms with van der Waals surface area (Å²) in [5, 5.41) is 28.4. The van der Waals surface area contributed by atoms with Crippen LogP contribution in [0.15, 0.2) is 42.5 Å². The van der Waals surface area contributed by atoms with Gasteiger partial charge in [0, 0.05) is 13.6 Å². The van der Waals surface area contributed by atoms with Crippen molar-refractivity contribution < 1.29 is 24.9 Å². The summed E-state index contributed by atoms with van der Waals surface area (Å²) in [4.78, 5) is 24.5. The smallest absolute Gasteiger partial charge is 0.339 e. The van der Waals surface area contributed by atoms with Gasteiger partial charge in [-0.05, 0) is 17.7 Å². The minimum atomic E-state index is -1.38. The molecule has 1 amide bonds. The molecule has 0 aliphatic carbocycles. The molecule has 0 saturated heterocycles. The lowest BCUT2D eigenvalue weighted by Gasteiger charge is -2.18. The number of rotatable bonds is 4. The number of aromatic hydroxyl groups is 2. The van der Waals surface area contributed by atoms with Crippen molar-refractivity contribution in [1.82, 2.24) is 4.90 Å². The second-order valence-corrected chi connectivity index (χ2v) is 4.81. The van der Waals surface area contributed by atoms with E-state index in [-0.39, 0.29) is 5.56 Å². The summed E-state index contributed by atoms with van der Waals surface area (Å²) in [6.07, 6.45) is 0. The van der Waals surface area contributed by atoms with E-state index in [1.165, 1.54) is 11.0 Å². The number of carboxylic acid groups (broad SMARTS) is 1. The predicted molar refractivity (Wildman–Crippen MR) is 79.0 cm³/mol. The lowest BCUT2D eigenvalue weighted by Crippen LogP contribution is -2.26. The zero-order valence-corrected chi connectivity index (χ0v) is 11.9. The van der Waals surface area contributed by atoms with Gasteiger partial charge in [-0.25, -0.2) is 4.79 Å². The van der Waals surface area contributed by atoms with E-state index in [2.05, 4.69) is 0 Å². The standard InChI is InChI=1S/C16H15NO5/c1-17(9-10-5-3-2-4-6-10)15(20)11-7-8-12(16(21)22)14(19)13(11)18/h2-8,18-19H,9H2,1H3,(H,21,22). The number of phenolic OH excluding ortho intramolecular Hbond substituents is 1. The highest BCUT2D eigenvalue weighted by Gasteiger charge is 2.22. The normalized spacial score (nSPS) is 10.2. The fraction of sp³-hybridized carbons (Fsp3) is 0.125. The van der Waals surface area contributed by atoms with E-state index in [4.69, 9.17) is 5.11 Å². The van der Waals surface area contributed by atoms with Crippen molar-refractivity contribution in [3.05, 3.63) is 59.2 Å². The first-order valence-electron chi connectivity index (χ1n) is 6.49. The number of benzene rings is 2. The Labute approximate surface area is 126 Å². The Morgan fingerprint density at radius 1 is 0.955 bits per heavy atom. The molecule has 0 aliphatic rings. The van der Waals surface area contributed by atoms with Crippen LogP contribution in [0.5, 0.6) is 11.5 Å². The molecule has 0 unspecified atom stereocenters. The van der Waals surface area contributed by atoms with Gasteiger partial charge in [-0.15, -0.1) is 0 Å². The third-order valence-corrected chi connectivity index (χ3v) is 3.22. The molecular formula is C16H15NO5. The third-order valence-electron chi connectivity index (χ3n) is 3.22. The number of nitrogens with zero attached hydrogens (tertiary/aromatic N) is 1. The Kier molecular flexibility index (Phi) is 4.31. The highest BCUT2D eigenvalue weighted by atomic mass is 16.4. The van der Waals surface area contributed by atoms with Gasteiger partial charge in [-0.3, -0.25) is 4.79 Å². The van der Waals surface area contributed by atoms with Crippen molar-refractivity contribution in [2.75, 3.05) is 7.05 Å². The molecule has 0 saturated carbocycles. The van der Waals surface area contributed by atoms with Crippen LogP contribution in [0.3, 0.4) is 0 Å². The van der Waals surface area contributed by atoms with Crippen LogP contribution in [0.1, 0.15) is 26.3 Å². The Balaban J connectivity index is 2.26. The molecule has 2 aromatic rings. The van der Waals surface area contributed by atoms with Gasteiger partial charge in [0.1, 0.15) is 5.56 Å². The number of amides is 1. The predicted octanol–water partition coefficient (Wildman–Crippen LogP) is 2.07. The Morgan fingerprint density at radius 3 is 2.09 bits per heavy atom. The maximum atomic E-state index is 12.3. The largest absolute Gasteiger partial charge is 0.504 e. The topological polar surface area (TPSA) is 98.1 Å². The van der Waals surface area contributed by atoms with Gasteiger partial charge in [0.25, 0.3) is 5.91 Å². The second-order valence-electron chi connectivity index (χ2n) is 4.81. The lowest BCUT2D eigenvalue weighted by atomic mass is 10.1. The SMILES string of the molecule is CN(Cc1ccccc1)C(=O)c1ccc(C(=O)O)c(O)c1O. The van der Waals surface area contributed by atoms with Gasteiger partial charge >= 0.3 is 5.97 Å². The summed E-state index contributed by atoms with van der Waals surface area (Å²) in [5.41, 5.74) is 0.296. The molecule has 0 fully saturated rings. The third kappa shape index (κ3) is 3.01. The molecule has 0 aromatic heterocycles. The molecule has 0 bridgehead atoms. The minimum absolute atomic E-state index is 0.152. The summed E-state index contributed by atoms with van der Waals surface area (Å²) < 4.78 is 0. The van der Waals surface area contributed by atoms with Crippen molar-refractivity contribution in [2.24, 2.45) is 0 Å². The summed E-state index contributed by atoms with van der Waals surface area (Å²) >= 11 is 0. The average molecular weight is 301 g/mol. The van der Waals surface area contributed by atoms with Crippen LogP contribution in [-0.4, -0.2) is 39.1 Å². The summed E-state index contributed by atoms with van der Waals surface area (Å²) in [5.74, 6) is -3.45. The minimum Gasteiger partial charge on any atom is -0.504 e. The molecule has 0 radical (unpaired) electrons. The molecule has 2 rings (SSSR count). The Bertz CT molecular complexity index is 712. The van der Waals surface area contributed by atoms with Crippen molar-refractivity contribution in [3.8, 4) is 11.5 Å². The van der Waals surface area contributed by atoms with E-state index in [0.717, 1.165) is 11.6 Å². The molecule has 114 valence electrons. The number of carbonyl (C=O) groups is 2. The molecular weight excluding hydrogens is 286 g/mol. The maximum Gasteiger partial charge on any atom is 0.339 e. The fourth-order valence-corrected chi connectivity index (χ4v) is 2.06. The van der Waals surface area contributed by atoms with Crippen LogP contribution in [0.4, 0.5) is 0 Å². The van der Waals surface area contributed by atoms with Gasteiger partial charge in [-0.2, -0.15) is 0 Å². The van der Waals surface area contributed by atoms with Crippen molar-refractivity contribution in [2.45, 2.75) is 6.54 Å². The first-order chi connectivity index (χ1) is 10.4. The van der Waals surface area contributed by atoms with E-state index < -0.39 is 28.9 Å². The zero-order chi connectivity index (χ0) is 16.3. The van der Waals surface area contributed by atoms with Crippen LogP contribution < -0.4 is 0 Å². The van der Waals surface area contributed by atoms with Crippen LogP contribution >= 0.6 is 0 Å². The molecule has 3 N–H and O–H groups in total. The molecule has 0 atom stereocenters. The first kappa shape index (κ1) is 15.4. The average Bonchev–Trinajstić information content (AvgIpc) is 2.50. The van der Waals surface area contributed by atoms with E-state index in [9.17, 15) is 19.8 Å². The van der Waals surface area contributed by atoms with Crippen molar-refractivity contribution in [1.29, 1.82) is 0 Å². The number of carboxylic acids is 1. The zero-order valence-electron chi connectivity index (χ0n) is 11.9. The van der Waals surface area contributed by atoms with Gasteiger partial charge in [0.15, 0.2) is 11.5 Å². The summed E-state index contributed by atoms with van der Waals surface area (Å²) in [7, 11) is 1.55. The van der Waals surface area contributed by atoms with Crippen LogP contribution in [0.25, 0.3) is 0 Å². The van der Waals surface area contributed by atoms with Gasteiger partial charge in [0.2, 0.25) is 0 Å². The van der Waals surface area contributed by atoms with Crippen LogP contribution in [0, 0.1) is 0 Å². The molecule has 22 heavy (non-hydrogen) atoms.